The predicted octanol–water partition coefficient (Wildman–Crippen LogP) is 3.92. The second kappa shape index (κ2) is 8.25. The fraction of sp³-hybridized carbons (Fsp3) is 0.333. The lowest BCUT2D eigenvalue weighted by Crippen LogP contribution is -2.31. The van der Waals surface area contributed by atoms with Gasteiger partial charge in [0, 0.05) is 37.5 Å². The summed E-state index contributed by atoms with van der Waals surface area (Å²) in [7, 11) is 0. The average Bonchev–Trinajstić information content (AvgIpc) is 3.35. The van der Waals surface area contributed by atoms with Gasteiger partial charge in [-0.3, -0.25) is 9.88 Å². The monoisotopic (exact) mass is 349 g/mol. The number of rotatable bonds is 7. The highest BCUT2D eigenvalue weighted by Gasteiger charge is 2.21. The fourth-order valence-electron chi connectivity index (χ4n) is 3.33. The van der Waals surface area contributed by atoms with Crippen molar-refractivity contribution in [3.05, 3.63) is 72.2 Å². The van der Waals surface area contributed by atoms with Crippen LogP contribution in [-0.4, -0.2) is 34.3 Å². The molecule has 0 bridgehead atoms. The van der Waals surface area contributed by atoms with Crippen molar-refractivity contribution < 1.29 is 9.26 Å². The molecule has 1 aromatic carbocycles. The second-order valence-corrected chi connectivity index (χ2v) is 6.67. The van der Waals surface area contributed by atoms with Crippen molar-refractivity contribution in [1.29, 1.82) is 0 Å². The lowest BCUT2D eigenvalue weighted by molar-refractivity contribution is 0.0642. The summed E-state index contributed by atoms with van der Waals surface area (Å²) in [6.45, 7) is 3.19. The van der Waals surface area contributed by atoms with Crippen molar-refractivity contribution in [2.75, 3.05) is 13.2 Å². The Morgan fingerprint density at radius 1 is 1.04 bits per heavy atom. The third-order valence-electron chi connectivity index (χ3n) is 4.61. The van der Waals surface area contributed by atoms with Gasteiger partial charge in [-0.2, -0.15) is 0 Å². The van der Waals surface area contributed by atoms with E-state index in [-0.39, 0.29) is 6.10 Å². The number of ether oxygens (including phenoxy) is 1. The minimum Gasteiger partial charge on any atom is -0.377 e. The number of aromatic nitrogens is 2. The summed E-state index contributed by atoms with van der Waals surface area (Å²) in [5.74, 6) is 0.859. The molecule has 0 unspecified atom stereocenters. The Labute approximate surface area is 153 Å². The summed E-state index contributed by atoms with van der Waals surface area (Å²) in [5.41, 5.74) is 2.99. The number of hydrogen-bond acceptors (Lipinski definition) is 5. The zero-order valence-electron chi connectivity index (χ0n) is 14.8. The Balaban J connectivity index is 1.47. The van der Waals surface area contributed by atoms with Crippen LogP contribution in [0.1, 0.15) is 24.3 Å². The molecular formula is C21H23N3O2. The third-order valence-corrected chi connectivity index (χ3v) is 4.61. The number of nitrogens with zero attached hydrogens (tertiary/aromatic N) is 3. The van der Waals surface area contributed by atoms with E-state index in [2.05, 4.69) is 21.1 Å². The summed E-state index contributed by atoms with van der Waals surface area (Å²) in [4.78, 5) is 6.79. The molecule has 134 valence electrons. The first kappa shape index (κ1) is 16.9. The Kier molecular flexibility index (Phi) is 5.38. The van der Waals surface area contributed by atoms with Crippen LogP contribution < -0.4 is 0 Å². The molecule has 4 rings (SSSR count). The predicted molar refractivity (Wildman–Crippen MR) is 99.3 cm³/mol. The molecule has 0 amide bonds. The first-order valence-corrected chi connectivity index (χ1v) is 9.12. The normalized spacial score (nSPS) is 17.0. The molecule has 1 saturated heterocycles. The maximum Gasteiger partial charge on any atom is 0.151 e. The summed E-state index contributed by atoms with van der Waals surface area (Å²) >= 11 is 0. The SMILES string of the molecule is c1ccc(-c2cc(CN(Cc3ccccn3)C[C@H]3CCCO3)on2)cc1. The van der Waals surface area contributed by atoms with Crippen LogP contribution in [0.3, 0.4) is 0 Å². The van der Waals surface area contributed by atoms with Crippen molar-refractivity contribution in [2.45, 2.75) is 32.0 Å². The van der Waals surface area contributed by atoms with Gasteiger partial charge >= 0.3 is 0 Å². The van der Waals surface area contributed by atoms with Crippen LogP contribution in [0.2, 0.25) is 0 Å². The van der Waals surface area contributed by atoms with E-state index in [0.717, 1.165) is 55.2 Å². The Hall–Kier alpha value is -2.50. The maximum absolute atomic E-state index is 5.83. The lowest BCUT2D eigenvalue weighted by Gasteiger charge is -2.23. The molecule has 0 aliphatic carbocycles. The Bertz CT molecular complexity index is 798. The largest absolute Gasteiger partial charge is 0.377 e. The van der Waals surface area contributed by atoms with E-state index in [4.69, 9.17) is 9.26 Å². The van der Waals surface area contributed by atoms with E-state index in [1.165, 1.54) is 0 Å². The Morgan fingerprint density at radius 3 is 2.69 bits per heavy atom. The van der Waals surface area contributed by atoms with Crippen LogP contribution in [0, 0.1) is 0 Å². The molecule has 1 aliphatic heterocycles. The zero-order chi connectivity index (χ0) is 17.6. The van der Waals surface area contributed by atoms with Crippen LogP contribution in [-0.2, 0) is 17.8 Å². The van der Waals surface area contributed by atoms with Crippen LogP contribution in [0.5, 0.6) is 0 Å². The average molecular weight is 349 g/mol. The van der Waals surface area contributed by atoms with Gasteiger partial charge in [-0.1, -0.05) is 41.6 Å². The summed E-state index contributed by atoms with van der Waals surface area (Å²) < 4.78 is 11.4. The van der Waals surface area contributed by atoms with Crippen molar-refractivity contribution >= 4 is 0 Å². The fourth-order valence-corrected chi connectivity index (χ4v) is 3.33. The molecule has 0 N–H and O–H groups in total. The molecule has 2 aromatic heterocycles. The van der Waals surface area contributed by atoms with Crippen LogP contribution in [0.4, 0.5) is 0 Å². The molecule has 3 aromatic rings. The molecule has 26 heavy (non-hydrogen) atoms. The topological polar surface area (TPSA) is 51.4 Å². The van der Waals surface area contributed by atoms with Crippen molar-refractivity contribution in [2.24, 2.45) is 0 Å². The first-order chi connectivity index (χ1) is 12.9. The van der Waals surface area contributed by atoms with E-state index in [1.54, 1.807) is 0 Å². The van der Waals surface area contributed by atoms with Gasteiger partial charge in [-0.15, -0.1) is 0 Å². The van der Waals surface area contributed by atoms with Crippen LogP contribution in [0.15, 0.2) is 65.3 Å². The highest BCUT2D eigenvalue weighted by Crippen LogP contribution is 2.21. The van der Waals surface area contributed by atoms with Gasteiger partial charge < -0.3 is 9.26 Å². The molecule has 0 radical (unpaired) electrons. The molecular weight excluding hydrogens is 326 g/mol. The van der Waals surface area contributed by atoms with Gasteiger partial charge in [0.05, 0.1) is 18.3 Å². The summed E-state index contributed by atoms with van der Waals surface area (Å²) in [6.07, 6.45) is 4.38. The summed E-state index contributed by atoms with van der Waals surface area (Å²) in [6, 6.07) is 18.1. The van der Waals surface area contributed by atoms with Crippen molar-refractivity contribution in [3.8, 4) is 11.3 Å². The van der Waals surface area contributed by atoms with Crippen LogP contribution in [0.25, 0.3) is 11.3 Å². The molecule has 3 heterocycles. The minimum atomic E-state index is 0.287. The van der Waals surface area contributed by atoms with Gasteiger partial charge in [-0.25, -0.2) is 0 Å². The van der Waals surface area contributed by atoms with E-state index < -0.39 is 0 Å². The molecule has 1 atom stereocenters. The third kappa shape index (κ3) is 4.36. The maximum atomic E-state index is 5.83. The second-order valence-electron chi connectivity index (χ2n) is 6.67. The van der Waals surface area contributed by atoms with E-state index in [1.807, 2.05) is 54.7 Å². The molecule has 1 fully saturated rings. The highest BCUT2D eigenvalue weighted by molar-refractivity contribution is 5.58. The van der Waals surface area contributed by atoms with Gasteiger partial charge in [-0.05, 0) is 25.0 Å². The van der Waals surface area contributed by atoms with Gasteiger partial charge in [0.2, 0.25) is 0 Å². The lowest BCUT2D eigenvalue weighted by atomic mass is 10.1. The summed E-state index contributed by atoms with van der Waals surface area (Å²) in [5, 5.41) is 4.23. The smallest absolute Gasteiger partial charge is 0.151 e. The van der Waals surface area contributed by atoms with E-state index >= 15 is 0 Å². The first-order valence-electron chi connectivity index (χ1n) is 9.12. The molecule has 0 saturated carbocycles. The standard InChI is InChI=1S/C21H23N3O2/c1-2-7-17(8-3-1)21-13-20(26-23-21)16-24(15-19-10-6-12-25-19)14-18-9-4-5-11-22-18/h1-5,7-9,11,13,19H,6,10,12,14-16H2/t19-/m1/s1. The minimum absolute atomic E-state index is 0.287. The number of pyridine rings is 1. The molecule has 0 spiro atoms. The van der Waals surface area contributed by atoms with Crippen LogP contribution >= 0.6 is 0 Å². The highest BCUT2D eigenvalue weighted by atomic mass is 16.5. The molecule has 1 aliphatic rings. The van der Waals surface area contributed by atoms with E-state index in [0.29, 0.717) is 6.54 Å². The van der Waals surface area contributed by atoms with E-state index in [9.17, 15) is 0 Å². The number of hydrogen-bond donors (Lipinski definition) is 0. The van der Waals surface area contributed by atoms with Gasteiger partial charge in [0.1, 0.15) is 5.69 Å². The Morgan fingerprint density at radius 2 is 1.92 bits per heavy atom. The van der Waals surface area contributed by atoms with Gasteiger partial charge in [0.25, 0.3) is 0 Å². The van der Waals surface area contributed by atoms with Crippen molar-refractivity contribution in [3.63, 3.8) is 0 Å². The molecule has 5 heteroatoms. The zero-order valence-corrected chi connectivity index (χ0v) is 14.8. The number of benzene rings is 1. The van der Waals surface area contributed by atoms with Gasteiger partial charge in [0.15, 0.2) is 5.76 Å². The van der Waals surface area contributed by atoms with Crippen molar-refractivity contribution in [1.82, 2.24) is 15.0 Å². The quantitative estimate of drug-likeness (QED) is 0.647. The molecule has 5 nitrogen and oxygen atoms in total.